The van der Waals surface area contributed by atoms with Gasteiger partial charge in [-0.05, 0) is 39.5 Å². The maximum atomic E-state index is 6.83. The van der Waals surface area contributed by atoms with E-state index >= 15 is 0 Å². The van der Waals surface area contributed by atoms with Crippen LogP contribution in [-0.4, -0.2) is 10.4 Å². The van der Waals surface area contributed by atoms with Crippen molar-refractivity contribution in [3.8, 4) is 0 Å². The van der Waals surface area contributed by atoms with Crippen molar-refractivity contribution in [3.05, 3.63) is 0 Å². The average Bonchev–Trinajstić information content (AvgIpc) is 2.52. The van der Waals surface area contributed by atoms with Crippen LogP contribution >= 0.6 is 28.6 Å². The smallest absolute Gasteiger partial charge is 0.0391 e. The molecule has 2 N–H and O–H groups in total. The third-order valence-corrected chi connectivity index (χ3v) is 5.46. The van der Waals surface area contributed by atoms with Crippen molar-refractivity contribution in [2.24, 2.45) is 5.73 Å². The quantitative estimate of drug-likeness (QED) is 0.178. The summed E-state index contributed by atoms with van der Waals surface area (Å²) in [4.78, 5) is -0.118. The van der Waals surface area contributed by atoms with E-state index in [1.54, 1.807) is 0 Å². The fraction of sp³-hybridized carbons (Fsp3) is 1.00. The first kappa shape index (κ1) is 27.9. The van der Waals surface area contributed by atoms with Gasteiger partial charge in [0, 0.05) is 10.4 Å². The van der Waals surface area contributed by atoms with E-state index < -0.39 is 0 Å². The summed E-state index contributed by atoms with van der Waals surface area (Å²) < 4.78 is 0. The van der Waals surface area contributed by atoms with Gasteiger partial charge in [-0.3, -0.25) is 0 Å². The summed E-state index contributed by atoms with van der Waals surface area (Å²) in [6, 6.07) is 0. The number of hydrogen-bond acceptors (Lipinski definition) is 1. The van der Waals surface area contributed by atoms with Crippen LogP contribution in [0, 0.1) is 0 Å². The Morgan fingerprint density at radius 1 is 0.600 bits per heavy atom. The molecule has 0 rings (SSSR count). The lowest BCUT2D eigenvalue weighted by atomic mass is 9.81. The van der Waals surface area contributed by atoms with Crippen molar-refractivity contribution in [2.45, 2.75) is 141 Å². The van der Waals surface area contributed by atoms with Gasteiger partial charge in [0.1, 0.15) is 0 Å². The molecule has 154 valence electrons. The van der Waals surface area contributed by atoms with Gasteiger partial charge < -0.3 is 5.73 Å². The number of nitrogens with two attached hydrogens (primary N) is 1. The molecule has 0 unspecified atom stereocenters. The normalized spacial score (nSPS) is 12.2. The molecule has 0 spiro atoms. The van der Waals surface area contributed by atoms with Gasteiger partial charge in [-0.2, -0.15) is 0 Å². The van der Waals surface area contributed by atoms with Crippen LogP contribution in [0.25, 0.3) is 0 Å². The van der Waals surface area contributed by atoms with Gasteiger partial charge >= 0.3 is 0 Å². The van der Waals surface area contributed by atoms with Gasteiger partial charge in [0.15, 0.2) is 0 Å². The van der Waals surface area contributed by atoms with Crippen molar-refractivity contribution in [2.75, 3.05) is 0 Å². The third-order valence-electron chi connectivity index (χ3n) is 5.27. The van der Waals surface area contributed by atoms with Crippen LogP contribution in [0.2, 0.25) is 0 Å². The lowest BCUT2D eigenvalue weighted by Gasteiger charge is -2.32. The minimum Gasteiger partial charge on any atom is -0.325 e. The molecule has 0 fully saturated rings. The Morgan fingerprint density at radius 3 is 1.32 bits per heavy atom. The summed E-state index contributed by atoms with van der Waals surface area (Å²) in [5.74, 6) is 0. The maximum absolute atomic E-state index is 6.83. The van der Waals surface area contributed by atoms with Gasteiger partial charge in [0.25, 0.3) is 0 Å². The van der Waals surface area contributed by atoms with E-state index in [-0.39, 0.29) is 27.4 Å². The van der Waals surface area contributed by atoms with Crippen LogP contribution < -0.4 is 5.73 Å². The fourth-order valence-corrected chi connectivity index (χ4v) is 3.53. The zero-order valence-electron chi connectivity index (χ0n) is 17.7. The highest BCUT2D eigenvalue weighted by atomic mass is 79.9. The molecule has 0 aromatic rings. The largest absolute Gasteiger partial charge is 0.325 e. The lowest BCUT2D eigenvalue weighted by Crippen LogP contribution is -2.41. The van der Waals surface area contributed by atoms with E-state index in [4.69, 9.17) is 17.3 Å². The number of rotatable bonds is 17. The van der Waals surface area contributed by atoms with Gasteiger partial charge in [-0.1, -0.05) is 90.9 Å². The summed E-state index contributed by atoms with van der Waals surface area (Å²) >= 11 is 6.42. The highest BCUT2D eigenvalue weighted by Gasteiger charge is 2.27. The molecule has 0 amide bonds. The van der Waals surface area contributed by atoms with E-state index in [0.29, 0.717) is 0 Å². The number of halogens is 2. The molecular weight excluding hydrogens is 394 g/mol. The summed E-state index contributed by atoms with van der Waals surface area (Å²) in [6.45, 7) is 8.79. The second kappa shape index (κ2) is 16.9. The van der Waals surface area contributed by atoms with Crippen molar-refractivity contribution >= 4 is 28.6 Å². The average molecular weight is 441 g/mol. The van der Waals surface area contributed by atoms with Gasteiger partial charge in [-0.15, -0.1) is 28.6 Å². The van der Waals surface area contributed by atoms with Crippen LogP contribution in [0.3, 0.4) is 0 Å². The molecule has 0 aliphatic heterocycles. The maximum Gasteiger partial charge on any atom is 0.0391 e. The molecule has 0 saturated heterocycles. The predicted molar refractivity (Wildman–Crippen MR) is 122 cm³/mol. The molecule has 1 nitrogen and oxygen atoms in total. The van der Waals surface area contributed by atoms with Crippen LogP contribution in [0.5, 0.6) is 0 Å². The molecule has 0 atom stereocenters. The first-order valence-corrected chi connectivity index (χ1v) is 11.2. The molecule has 25 heavy (non-hydrogen) atoms. The summed E-state index contributed by atoms with van der Waals surface area (Å²) in [7, 11) is 0. The summed E-state index contributed by atoms with van der Waals surface area (Å²) in [5.41, 5.74) is 6.84. The molecule has 0 heterocycles. The molecule has 3 heteroatoms. The topological polar surface area (TPSA) is 26.0 Å². The Kier molecular flexibility index (Phi) is 18.9. The van der Waals surface area contributed by atoms with Gasteiger partial charge in [0.2, 0.25) is 0 Å². The Bertz CT molecular complexity index is 260. The molecule has 0 aliphatic carbocycles. The standard InChI is InChI=1S/C22H46ClN.BrH/c1-5-7-9-11-13-15-17-22(24,20-19-21(3,4)23)18-16-14-12-10-8-6-2;/h5-20,24H2,1-4H3;1H. The molecule has 0 aromatic carbocycles. The minimum atomic E-state index is -0.118. The number of unbranched alkanes of at least 4 members (excludes halogenated alkanes) is 10. The summed E-state index contributed by atoms with van der Waals surface area (Å²) in [6.07, 6.45) is 20.7. The van der Waals surface area contributed by atoms with Crippen LogP contribution in [0.15, 0.2) is 0 Å². The van der Waals surface area contributed by atoms with E-state index in [0.717, 1.165) is 12.8 Å². The van der Waals surface area contributed by atoms with Crippen LogP contribution in [0.1, 0.15) is 130 Å². The summed E-state index contributed by atoms with van der Waals surface area (Å²) in [5, 5.41) is 0. The van der Waals surface area contributed by atoms with Gasteiger partial charge in [-0.25, -0.2) is 0 Å². The Balaban J connectivity index is 0. The van der Waals surface area contributed by atoms with Crippen molar-refractivity contribution < 1.29 is 0 Å². The monoisotopic (exact) mass is 439 g/mol. The van der Waals surface area contributed by atoms with Crippen molar-refractivity contribution in [1.82, 2.24) is 0 Å². The molecule has 0 radical (unpaired) electrons. The highest BCUT2D eigenvalue weighted by molar-refractivity contribution is 8.93. The van der Waals surface area contributed by atoms with Crippen molar-refractivity contribution in [3.63, 3.8) is 0 Å². The highest BCUT2D eigenvalue weighted by Crippen LogP contribution is 2.30. The first-order valence-electron chi connectivity index (χ1n) is 10.8. The third kappa shape index (κ3) is 19.3. The molecule has 0 bridgehead atoms. The number of alkyl halides is 1. The predicted octanol–water partition coefficient (Wildman–Crippen LogP) is 8.56. The first-order chi connectivity index (χ1) is 11.3. The van der Waals surface area contributed by atoms with E-state index in [2.05, 4.69) is 27.7 Å². The van der Waals surface area contributed by atoms with E-state index in [1.807, 2.05) is 0 Å². The molecular formula is C22H47BrClN. The second-order valence-corrected chi connectivity index (χ2v) is 9.64. The van der Waals surface area contributed by atoms with Crippen LogP contribution in [-0.2, 0) is 0 Å². The molecule has 0 aliphatic rings. The zero-order chi connectivity index (χ0) is 18.3. The van der Waals surface area contributed by atoms with Gasteiger partial charge in [0.05, 0.1) is 0 Å². The zero-order valence-corrected chi connectivity index (χ0v) is 20.1. The molecule has 0 aromatic heterocycles. The Morgan fingerprint density at radius 2 is 0.960 bits per heavy atom. The second-order valence-electron chi connectivity index (χ2n) is 8.62. The Hall–Kier alpha value is 0.730. The van der Waals surface area contributed by atoms with E-state index in [9.17, 15) is 0 Å². The van der Waals surface area contributed by atoms with Crippen molar-refractivity contribution in [1.29, 1.82) is 0 Å². The lowest BCUT2D eigenvalue weighted by molar-refractivity contribution is 0.297. The molecule has 0 saturated carbocycles. The fourth-order valence-electron chi connectivity index (χ4n) is 3.44. The minimum absolute atomic E-state index is 0. The SMILES string of the molecule is Br.CCCCCCCCC(N)(CCCCCCCC)CCC(C)(C)Cl. The van der Waals surface area contributed by atoms with E-state index in [1.165, 1.54) is 89.9 Å². The Labute approximate surface area is 175 Å². The van der Waals surface area contributed by atoms with Crippen LogP contribution in [0.4, 0.5) is 0 Å². The number of hydrogen-bond donors (Lipinski definition) is 1.